The van der Waals surface area contributed by atoms with E-state index in [2.05, 4.69) is 4.72 Å². The number of hydrogen-bond acceptors (Lipinski definition) is 4. The van der Waals surface area contributed by atoms with Gasteiger partial charge >= 0.3 is 5.97 Å². The molecular weight excluding hydrogens is 220 g/mol. The van der Waals surface area contributed by atoms with Crippen LogP contribution in [0, 0.1) is 17.2 Å². The fourth-order valence-electron chi connectivity index (χ4n) is 0.895. The lowest BCUT2D eigenvalue weighted by atomic mass is 10.1. The normalized spacial score (nSPS) is 13.1. The van der Waals surface area contributed by atoms with Gasteiger partial charge in [-0.2, -0.15) is 5.26 Å². The monoisotopic (exact) mass is 234 g/mol. The predicted molar refractivity (Wildman–Crippen MR) is 53.4 cm³/mol. The topological polar surface area (TPSA) is 107 Å². The van der Waals surface area contributed by atoms with Crippen molar-refractivity contribution in [2.75, 3.05) is 12.3 Å². The van der Waals surface area contributed by atoms with Crippen LogP contribution < -0.4 is 4.72 Å². The fraction of sp³-hybridized carbons (Fsp3) is 0.750. The minimum atomic E-state index is -3.51. The first kappa shape index (κ1) is 13.9. The van der Waals surface area contributed by atoms with Crippen LogP contribution in [0.3, 0.4) is 0 Å². The van der Waals surface area contributed by atoms with E-state index in [1.807, 2.05) is 0 Å². The summed E-state index contributed by atoms with van der Waals surface area (Å²) in [7, 11) is -3.51. The van der Waals surface area contributed by atoms with E-state index in [9.17, 15) is 13.2 Å². The summed E-state index contributed by atoms with van der Waals surface area (Å²) in [6.45, 7) is 1.73. The van der Waals surface area contributed by atoms with E-state index in [1.165, 1.54) is 6.07 Å². The van der Waals surface area contributed by atoms with E-state index in [-0.39, 0.29) is 6.54 Å². The van der Waals surface area contributed by atoms with Gasteiger partial charge in [0.2, 0.25) is 10.0 Å². The maximum atomic E-state index is 11.0. The third kappa shape index (κ3) is 6.88. The van der Waals surface area contributed by atoms with Gasteiger partial charge in [-0.25, -0.2) is 13.1 Å². The van der Waals surface area contributed by atoms with Crippen molar-refractivity contribution in [3.8, 4) is 6.07 Å². The van der Waals surface area contributed by atoms with Crippen LogP contribution in [0.25, 0.3) is 0 Å². The van der Waals surface area contributed by atoms with E-state index >= 15 is 0 Å². The molecule has 2 N–H and O–H groups in total. The van der Waals surface area contributed by atoms with E-state index < -0.39 is 27.7 Å². The molecule has 0 aromatic carbocycles. The zero-order valence-electron chi connectivity index (χ0n) is 8.43. The van der Waals surface area contributed by atoms with Crippen molar-refractivity contribution < 1.29 is 18.3 Å². The molecule has 0 rings (SSSR count). The summed E-state index contributed by atoms with van der Waals surface area (Å²) in [5.74, 6) is -1.94. The summed E-state index contributed by atoms with van der Waals surface area (Å²) in [5, 5.41) is 16.7. The minimum absolute atomic E-state index is 0.168. The molecule has 0 aromatic rings. The summed E-state index contributed by atoms with van der Waals surface area (Å²) >= 11 is 0. The van der Waals surface area contributed by atoms with Crippen molar-refractivity contribution in [3.63, 3.8) is 0 Å². The number of carboxylic acid groups (broad SMARTS) is 1. The minimum Gasteiger partial charge on any atom is -0.481 e. The number of carbonyl (C=O) groups is 1. The maximum Gasteiger partial charge on any atom is 0.306 e. The van der Waals surface area contributed by atoms with Crippen molar-refractivity contribution in [1.82, 2.24) is 4.72 Å². The smallest absolute Gasteiger partial charge is 0.306 e. The van der Waals surface area contributed by atoms with Crippen molar-refractivity contribution in [2.24, 2.45) is 5.92 Å². The first-order chi connectivity index (χ1) is 6.89. The Bertz CT molecular complexity index is 344. The van der Waals surface area contributed by atoms with Gasteiger partial charge in [0, 0.05) is 6.54 Å². The van der Waals surface area contributed by atoms with Gasteiger partial charge in [0.1, 0.15) is 0 Å². The van der Waals surface area contributed by atoms with Gasteiger partial charge in [-0.05, 0) is 12.8 Å². The fourth-order valence-corrected chi connectivity index (χ4v) is 1.62. The average molecular weight is 234 g/mol. The molecule has 0 spiro atoms. The largest absolute Gasteiger partial charge is 0.481 e. The van der Waals surface area contributed by atoms with Crippen LogP contribution in [-0.2, 0) is 14.8 Å². The molecule has 0 saturated carbocycles. The number of rotatable bonds is 7. The zero-order chi connectivity index (χ0) is 11.9. The SMILES string of the molecule is CC(CCCNS(=O)(=O)CC#N)C(=O)O. The molecule has 0 aliphatic carbocycles. The molecule has 0 radical (unpaired) electrons. The molecule has 0 aromatic heterocycles. The number of carboxylic acids is 1. The molecule has 6 nitrogen and oxygen atoms in total. The Morgan fingerprint density at radius 3 is 2.67 bits per heavy atom. The summed E-state index contributed by atoms with van der Waals surface area (Å²) in [4.78, 5) is 10.4. The molecule has 0 fully saturated rings. The van der Waals surface area contributed by atoms with Crippen LogP contribution in [-0.4, -0.2) is 31.8 Å². The van der Waals surface area contributed by atoms with E-state index in [0.717, 1.165) is 0 Å². The highest BCUT2D eigenvalue weighted by Gasteiger charge is 2.11. The quantitative estimate of drug-likeness (QED) is 0.599. The summed E-state index contributed by atoms with van der Waals surface area (Å²) in [6.07, 6.45) is 0.850. The van der Waals surface area contributed by atoms with Crippen LogP contribution in [0.2, 0.25) is 0 Å². The molecule has 0 saturated heterocycles. The summed E-state index contributed by atoms with van der Waals surface area (Å²) in [5.41, 5.74) is 0. The van der Waals surface area contributed by atoms with Gasteiger partial charge in [0.25, 0.3) is 0 Å². The maximum absolute atomic E-state index is 11.0. The number of sulfonamides is 1. The lowest BCUT2D eigenvalue weighted by molar-refractivity contribution is -0.141. The molecule has 1 atom stereocenters. The van der Waals surface area contributed by atoms with Gasteiger partial charge in [0.05, 0.1) is 12.0 Å². The van der Waals surface area contributed by atoms with E-state index in [0.29, 0.717) is 12.8 Å². The number of nitrogens with zero attached hydrogens (tertiary/aromatic N) is 1. The molecule has 86 valence electrons. The van der Waals surface area contributed by atoms with E-state index in [1.54, 1.807) is 6.92 Å². The van der Waals surface area contributed by atoms with Gasteiger partial charge in [-0.1, -0.05) is 6.92 Å². The highest BCUT2D eigenvalue weighted by molar-refractivity contribution is 7.89. The first-order valence-corrected chi connectivity index (χ1v) is 6.11. The Morgan fingerprint density at radius 1 is 1.60 bits per heavy atom. The Hall–Kier alpha value is -1.13. The first-order valence-electron chi connectivity index (χ1n) is 4.46. The Morgan fingerprint density at radius 2 is 2.20 bits per heavy atom. The van der Waals surface area contributed by atoms with Crippen molar-refractivity contribution in [3.05, 3.63) is 0 Å². The Kier molecular flexibility index (Phi) is 5.89. The Labute approximate surface area is 89.0 Å². The van der Waals surface area contributed by atoms with Crippen LogP contribution in [0.15, 0.2) is 0 Å². The summed E-state index contributed by atoms with van der Waals surface area (Å²) < 4.78 is 24.1. The van der Waals surface area contributed by atoms with Gasteiger partial charge in [-0.15, -0.1) is 0 Å². The lowest BCUT2D eigenvalue weighted by Crippen LogP contribution is -2.27. The molecular formula is C8H14N2O4S. The molecule has 15 heavy (non-hydrogen) atoms. The predicted octanol–water partition coefficient (Wildman–Crippen LogP) is -0.0697. The molecule has 0 aliphatic rings. The summed E-state index contributed by atoms with van der Waals surface area (Å²) in [6, 6.07) is 1.53. The van der Waals surface area contributed by atoms with Crippen molar-refractivity contribution in [2.45, 2.75) is 19.8 Å². The standard InChI is InChI=1S/C8H14N2O4S/c1-7(8(11)12)3-2-5-10-15(13,14)6-4-9/h7,10H,2-3,5-6H2,1H3,(H,11,12). The van der Waals surface area contributed by atoms with E-state index in [4.69, 9.17) is 10.4 Å². The third-order valence-corrected chi connectivity index (χ3v) is 2.97. The highest BCUT2D eigenvalue weighted by Crippen LogP contribution is 2.04. The van der Waals surface area contributed by atoms with Crippen molar-refractivity contribution in [1.29, 1.82) is 5.26 Å². The van der Waals surface area contributed by atoms with Gasteiger partial charge in [-0.3, -0.25) is 4.79 Å². The van der Waals surface area contributed by atoms with Gasteiger partial charge in [0.15, 0.2) is 5.75 Å². The second-order valence-electron chi connectivity index (χ2n) is 3.19. The average Bonchev–Trinajstić information content (AvgIpc) is 2.11. The Balaban J connectivity index is 3.73. The second-order valence-corrected chi connectivity index (χ2v) is 5.00. The number of aliphatic carboxylic acids is 1. The van der Waals surface area contributed by atoms with Gasteiger partial charge < -0.3 is 5.11 Å². The zero-order valence-corrected chi connectivity index (χ0v) is 9.25. The number of nitrogens with one attached hydrogen (secondary N) is 1. The van der Waals surface area contributed by atoms with Crippen LogP contribution in [0.5, 0.6) is 0 Å². The van der Waals surface area contributed by atoms with Crippen LogP contribution >= 0.6 is 0 Å². The highest BCUT2D eigenvalue weighted by atomic mass is 32.2. The molecule has 1 unspecified atom stereocenters. The van der Waals surface area contributed by atoms with Crippen LogP contribution in [0.4, 0.5) is 0 Å². The molecule has 0 bridgehead atoms. The number of hydrogen-bond donors (Lipinski definition) is 2. The molecule has 0 aliphatic heterocycles. The molecule has 0 heterocycles. The van der Waals surface area contributed by atoms with Crippen LogP contribution in [0.1, 0.15) is 19.8 Å². The lowest BCUT2D eigenvalue weighted by Gasteiger charge is -2.06. The third-order valence-electron chi connectivity index (χ3n) is 1.81. The molecule has 0 amide bonds. The van der Waals surface area contributed by atoms with Crippen molar-refractivity contribution >= 4 is 16.0 Å². The number of nitriles is 1. The second kappa shape index (κ2) is 6.37. The molecule has 7 heteroatoms.